The first-order valence-corrected chi connectivity index (χ1v) is 5.89. The minimum atomic E-state index is -1.34. The molecule has 0 aliphatic heterocycles. The second kappa shape index (κ2) is 6.69. The highest BCUT2D eigenvalue weighted by atomic mass is 16.4. The van der Waals surface area contributed by atoms with Gasteiger partial charge in [0.25, 0.3) is 0 Å². The fourth-order valence-corrected chi connectivity index (χ4v) is 1.49. The molecule has 0 aliphatic rings. The van der Waals surface area contributed by atoms with Crippen molar-refractivity contribution in [3.8, 4) is 0 Å². The smallest absolute Gasteiger partial charge is 0.335 e. The number of nitrogens with two attached hydrogens (primary N) is 1. The lowest BCUT2D eigenvalue weighted by atomic mass is 10.1. The number of hydrogen-bond acceptors (Lipinski definition) is 5. The van der Waals surface area contributed by atoms with Gasteiger partial charge in [0, 0.05) is 5.69 Å². The zero-order valence-electron chi connectivity index (χ0n) is 10.6. The summed E-state index contributed by atoms with van der Waals surface area (Å²) in [6, 6.07) is 2.84. The predicted octanol–water partition coefficient (Wildman–Crippen LogP) is -0.00960. The number of rotatable bonds is 7. The van der Waals surface area contributed by atoms with Crippen molar-refractivity contribution in [2.45, 2.75) is 25.9 Å². The first-order valence-electron chi connectivity index (χ1n) is 5.89. The third-order valence-corrected chi connectivity index (χ3v) is 2.44. The zero-order valence-corrected chi connectivity index (χ0v) is 10.6. The number of hydrogen-bond donors (Lipinski definition) is 4. The van der Waals surface area contributed by atoms with Gasteiger partial charge < -0.3 is 21.3 Å². The Balaban J connectivity index is 2.87. The second-order valence-corrected chi connectivity index (χ2v) is 4.09. The van der Waals surface area contributed by atoms with Gasteiger partial charge in [0.05, 0.1) is 12.1 Å². The lowest BCUT2D eigenvalue weighted by Crippen LogP contribution is -2.34. The quantitative estimate of drug-likeness (QED) is 0.550. The molecule has 1 atom stereocenters. The molecule has 1 amide bonds. The van der Waals surface area contributed by atoms with Gasteiger partial charge in [-0.25, -0.2) is 9.78 Å². The summed E-state index contributed by atoms with van der Waals surface area (Å²) in [4.78, 5) is 25.9. The maximum absolute atomic E-state index is 11.0. The van der Waals surface area contributed by atoms with E-state index in [1.54, 1.807) is 0 Å². The standard InChI is InChI=1S/C12H17N3O4/c1-2-3-8-4-7(12(18)19)5-10(15-8)14-6-9(16)11(13)17/h4-5,9,16H,2-3,6H2,1H3,(H2,13,17)(H,14,15)(H,18,19). The number of aliphatic hydroxyl groups is 1. The van der Waals surface area contributed by atoms with Crippen LogP contribution in [-0.2, 0) is 11.2 Å². The Morgan fingerprint density at radius 3 is 2.68 bits per heavy atom. The number of amides is 1. The maximum atomic E-state index is 11.0. The van der Waals surface area contributed by atoms with Gasteiger partial charge in [-0.1, -0.05) is 13.3 Å². The van der Waals surface area contributed by atoms with Crippen molar-refractivity contribution in [3.05, 3.63) is 23.4 Å². The fourth-order valence-electron chi connectivity index (χ4n) is 1.49. The Kier molecular flexibility index (Phi) is 5.25. The predicted molar refractivity (Wildman–Crippen MR) is 68.9 cm³/mol. The van der Waals surface area contributed by atoms with Crippen LogP contribution in [0.1, 0.15) is 29.4 Å². The summed E-state index contributed by atoms with van der Waals surface area (Å²) < 4.78 is 0. The molecule has 1 heterocycles. The van der Waals surface area contributed by atoms with Crippen molar-refractivity contribution in [2.75, 3.05) is 11.9 Å². The van der Waals surface area contributed by atoms with Gasteiger partial charge in [-0.05, 0) is 18.6 Å². The first kappa shape index (κ1) is 14.9. The van der Waals surface area contributed by atoms with Gasteiger partial charge in [-0.15, -0.1) is 0 Å². The molecule has 0 aliphatic carbocycles. The minimum Gasteiger partial charge on any atom is -0.478 e. The molecule has 19 heavy (non-hydrogen) atoms. The number of carbonyl (C=O) groups excluding carboxylic acids is 1. The number of pyridine rings is 1. The Morgan fingerprint density at radius 1 is 1.47 bits per heavy atom. The number of aliphatic hydroxyl groups excluding tert-OH is 1. The van der Waals surface area contributed by atoms with Crippen molar-refractivity contribution >= 4 is 17.7 Å². The molecule has 0 radical (unpaired) electrons. The number of primary amides is 1. The first-order chi connectivity index (χ1) is 8.93. The number of aromatic carboxylic acids is 1. The van der Waals surface area contributed by atoms with Gasteiger partial charge in [0.2, 0.25) is 5.91 Å². The van der Waals surface area contributed by atoms with Crippen LogP contribution in [-0.4, -0.2) is 39.7 Å². The van der Waals surface area contributed by atoms with Crippen LogP contribution >= 0.6 is 0 Å². The highest BCUT2D eigenvalue weighted by Gasteiger charge is 2.12. The average molecular weight is 267 g/mol. The number of anilines is 1. The normalized spacial score (nSPS) is 11.9. The van der Waals surface area contributed by atoms with E-state index in [9.17, 15) is 14.7 Å². The summed E-state index contributed by atoms with van der Waals surface area (Å²) in [5.41, 5.74) is 5.66. The number of aryl methyl sites for hydroxylation is 1. The summed E-state index contributed by atoms with van der Waals surface area (Å²) in [5.74, 6) is -1.61. The fraction of sp³-hybridized carbons (Fsp3) is 0.417. The van der Waals surface area contributed by atoms with Crippen LogP contribution in [0.4, 0.5) is 5.82 Å². The van der Waals surface area contributed by atoms with E-state index in [0.717, 1.165) is 6.42 Å². The van der Waals surface area contributed by atoms with Gasteiger partial charge in [-0.3, -0.25) is 4.79 Å². The molecule has 1 rings (SSSR count). The summed E-state index contributed by atoms with van der Waals surface area (Å²) >= 11 is 0. The molecule has 104 valence electrons. The largest absolute Gasteiger partial charge is 0.478 e. The van der Waals surface area contributed by atoms with E-state index in [1.807, 2.05) is 6.92 Å². The number of nitrogens with zero attached hydrogens (tertiary/aromatic N) is 1. The van der Waals surface area contributed by atoms with Crippen molar-refractivity contribution in [1.82, 2.24) is 4.98 Å². The summed E-state index contributed by atoms with van der Waals surface area (Å²) in [6.07, 6.45) is 0.137. The Morgan fingerprint density at radius 2 is 2.16 bits per heavy atom. The molecule has 1 aromatic heterocycles. The Hall–Kier alpha value is -2.15. The van der Waals surface area contributed by atoms with E-state index in [2.05, 4.69) is 10.3 Å². The Bertz CT molecular complexity index is 476. The SMILES string of the molecule is CCCc1cc(C(=O)O)cc(NCC(O)C(N)=O)n1. The Labute approximate surface area is 110 Å². The molecule has 0 spiro atoms. The third-order valence-electron chi connectivity index (χ3n) is 2.44. The van der Waals surface area contributed by atoms with E-state index in [4.69, 9.17) is 10.8 Å². The van der Waals surface area contributed by atoms with Gasteiger partial charge in [0.1, 0.15) is 11.9 Å². The van der Waals surface area contributed by atoms with Crippen LogP contribution in [0.2, 0.25) is 0 Å². The summed E-state index contributed by atoms with van der Waals surface area (Å²) in [7, 11) is 0. The van der Waals surface area contributed by atoms with E-state index in [1.165, 1.54) is 12.1 Å². The number of nitrogens with one attached hydrogen (secondary N) is 1. The molecular weight excluding hydrogens is 250 g/mol. The van der Waals surface area contributed by atoms with Gasteiger partial charge >= 0.3 is 5.97 Å². The number of carboxylic acids is 1. The highest BCUT2D eigenvalue weighted by Crippen LogP contribution is 2.12. The molecule has 0 saturated carbocycles. The lowest BCUT2D eigenvalue weighted by molar-refractivity contribution is -0.125. The zero-order chi connectivity index (χ0) is 14.4. The molecule has 7 nitrogen and oxygen atoms in total. The van der Waals surface area contributed by atoms with Crippen molar-refractivity contribution < 1.29 is 19.8 Å². The van der Waals surface area contributed by atoms with Crippen LogP contribution < -0.4 is 11.1 Å². The van der Waals surface area contributed by atoms with Crippen LogP contribution in [0.25, 0.3) is 0 Å². The molecule has 0 aromatic carbocycles. The number of carbonyl (C=O) groups is 2. The van der Waals surface area contributed by atoms with Crippen LogP contribution in [0.3, 0.4) is 0 Å². The summed E-state index contributed by atoms with van der Waals surface area (Å²) in [5, 5.41) is 20.9. The van der Waals surface area contributed by atoms with Crippen molar-refractivity contribution in [2.24, 2.45) is 5.73 Å². The van der Waals surface area contributed by atoms with Gasteiger partial charge in [-0.2, -0.15) is 0 Å². The monoisotopic (exact) mass is 267 g/mol. The van der Waals surface area contributed by atoms with Gasteiger partial charge in [0.15, 0.2) is 0 Å². The van der Waals surface area contributed by atoms with Crippen molar-refractivity contribution in [3.63, 3.8) is 0 Å². The maximum Gasteiger partial charge on any atom is 0.335 e. The topological polar surface area (TPSA) is 126 Å². The molecular formula is C12H17N3O4. The number of carboxylic acid groups (broad SMARTS) is 1. The average Bonchev–Trinajstić information content (AvgIpc) is 2.35. The number of aromatic nitrogens is 1. The van der Waals surface area contributed by atoms with E-state index < -0.39 is 18.0 Å². The minimum absolute atomic E-state index is 0.106. The molecule has 1 unspecified atom stereocenters. The van der Waals surface area contributed by atoms with Crippen molar-refractivity contribution in [1.29, 1.82) is 0 Å². The summed E-state index contributed by atoms with van der Waals surface area (Å²) in [6.45, 7) is 1.84. The third kappa shape index (κ3) is 4.55. The van der Waals surface area contributed by atoms with E-state index in [0.29, 0.717) is 17.9 Å². The molecule has 1 aromatic rings. The van der Waals surface area contributed by atoms with Crippen LogP contribution in [0, 0.1) is 0 Å². The van der Waals surface area contributed by atoms with Crippen LogP contribution in [0.15, 0.2) is 12.1 Å². The van der Waals surface area contributed by atoms with Crippen LogP contribution in [0.5, 0.6) is 0 Å². The molecule has 5 N–H and O–H groups in total. The molecule has 0 bridgehead atoms. The highest BCUT2D eigenvalue weighted by molar-refractivity contribution is 5.88. The molecule has 0 saturated heterocycles. The second-order valence-electron chi connectivity index (χ2n) is 4.09. The van der Waals surface area contributed by atoms with E-state index >= 15 is 0 Å². The molecule has 7 heteroatoms. The molecule has 0 fully saturated rings. The lowest BCUT2D eigenvalue weighted by Gasteiger charge is -2.11. The van der Waals surface area contributed by atoms with E-state index in [-0.39, 0.29) is 12.1 Å².